The highest BCUT2D eigenvalue weighted by molar-refractivity contribution is 7.21. The number of carbonyl (C=O) groups is 1. The quantitative estimate of drug-likeness (QED) is 0.398. The van der Waals surface area contributed by atoms with Gasteiger partial charge in [-0.2, -0.15) is 0 Å². The molecule has 0 atom stereocenters. The minimum atomic E-state index is -0.360. The van der Waals surface area contributed by atoms with Gasteiger partial charge in [-0.1, -0.05) is 29.3 Å². The molecule has 5 nitrogen and oxygen atoms in total. The minimum absolute atomic E-state index is 0.280. The maximum atomic E-state index is 12.8. The molecule has 2 aromatic carbocycles. The van der Waals surface area contributed by atoms with Crippen molar-refractivity contribution in [2.45, 2.75) is 0 Å². The Balaban J connectivity index is 1.67. The van der Waals surface area contributed by atoms with E-state index in [1.807, 2.05) is 36.4 Å². The van der Waals surface area contributed by atoms with E-state index in [-0.39, 0.29) is 10.9 Å². The van der Waals surface area contributed by atoms with Crippen LogP contribution in [0.5, 0.6) is 5.75 Å². The van der Waals surface area contributed by atoms with Gasteiger partial charge in [-0.05, 0) is 48.5 Å². The standard InChI is InChI=1S/C21H15Cl2N3O2S/c1-28-12-7-5-11(6-8-12)15-10-9-13-18(24)19(29-21(13)26-15)20(27)25-16-4-2-3-14(22)17(16)23/h2-10H,24H2,1H3,(H,25,27). The Morgan fingerprint density at radius 3 is 2.59 bits per heavy atom. The average molecular weight is 444 g/mol. The highest BCUT2D eigenvalue weighted by Crippen LogP contribution is 2.36. The summed E-state index contributed by atoms with van der Waals surface area (Å²) in [6, 6.07) is 16.4. The monoisotopic (exact) mass is 443 g/mol. The van der Waals surface area contributed by atoms with Crippen molar-refractivity contribution in [3.05, 3.63) is 69.5 Å². The maximum Gasteiger partial charge on any atom is 0.267 e. The lowest BCUT2D eigenvalue weighted by Gasteiger charge is -2.07. The highest BCUT2D eigenvalue weighted by atomic mass is 35.5. The number of benzene rings is 2. The number of aromatic nitrogens is 1. The summed E-state index contributed by atoms with van der Waals surface area (Å²) >= 11 is 13.4. The van der Waals surface area contributed by atoms with Crippen LogP contribution in [0.4, 0.5) is 11.4 Å². The molecule has 0 aliphatic carbocycles. The first kappa shape index (κ1) is 19.5. The molecule has 3 N–H and O–H groups in total. The van der Waals surface area contributed by atoms with E-state index in [2.05, 4.69) is 10.3 Å². The number of nitrogen functional groups attached to an aromatic ring is 1. The second kappa shape index (κ2) is 7.91. The van der Waals surface area contributed by atoms with Crippen LogP contribution in [-0.2, 0) is 0 Å². The first-order valence-corrected chi connectivity index (χ1v) is 10.1. The molecule has 0 unspecified atom stereocenters. The van der Waals surface area contributed by atoms with Crippen molar-refractivity contribution in [1.82, 2.24) is 4.98 Å². The van der Waals surface area contributed by atoms with Gasteiger partial charge in [0.25, 0.3) is 5.91 Å². The topological polar surface area (TPSA) is 77.2 Å². The van der Waals surface area contributed by atoms with Gasteiger partial charge < -0.3 is 15.8 Å². The normalized spacial score (nSPS) is 10.9. The fraction of sp³-hybridized carbons (Fsp3) is 0.0476. The molecular weight excluding hydrogens is 429 g/mol. The number of methoxy groups -OCH3 is 1. The Bertz CT molecular complexity index is 1220. The lowest BCUT2D eigenvalue weighted by atomic mass is 10.1. The van der Waals surface area contributed by atoms with Gasteiger partial charge in [-0.15, -0.1) is 11.3 Å². The Morgan fingerprint density at radius 2 is 1.86 bits per heavy atom. The summed E-state index contributed by atoms with van der Waals surface area (Å²) in [6.07, 6.45) is 0. The fourth-order valence-corrected chi connectivity index (χ4v) is 4.20. The van der Waals surface area contributed by atoms with Crippen LogP contribution in [0.15, 0.2) is 54.6 Å². The van der Waals surface area contributed by atoms with Gasteiger partial charge in [0.1, 0.15) is 15.5 Å². The van der Waals surface area contributed by atoms with Crippen LogP contribution in [0, 0.1) is 0 Å². The summed E-state index contributed by atoms with van der Waals surface area (Å²) in [6.45, 7) is 0. The number of anilines is 2. The number of carbonyl (C=O) groups excluding carboxylic acids is 1. The van der Waals surface area contributed by atoms with Crippen LogP contribution in [-0.4, -0.2) is 18.0 Å². The number of amides is 1. The van der Waals surface area contributed by atoms with Crippen molar-refractivity contribution in [3.8, 4) is 17.0 Å². The zero-order valence-corrected chi connectivity index (χ0v) is 17.5. The van der Waals surface area contributed by atoms with Gasteiger partial charge in [0.15, 0.2) is 0 Å². The third kappa shape index (κ3) is 3.74. The van der Waals surface area contributed by atoms with Gasteiger partial charge in [-0.3, -0.25) is 4.79 Å². The lowest BCUT2D eigenvalue weighted by molar-refractivity contribution is 0.103. The molecule has 0 aliphatic rings. The fourth-order valence-electron chi connectivity index (χ4n) is 2.87. The molecule has 146 valence electrons. The first-order chi connectivity index (χ1) is 14.0. The van der Waals surface area contributed by atoms with E-state index in [1.54, 1.807) is 25.3 Å². The van der Waals surface area contributed by atoms with Crippen molar-refractivity contribution in [2.75, 3.05) is 18.2 Å². The smallest absolute Gasteiger partial charge is 0.267 e. The Morgan fingerprint density at radius 1 is 1.10 bits per heavy atom. The number of hydrogen-bond acceptors (Lipinski definition) is 5. The van der Waals surface area contributed by atoms with E-state index >= 15 is 0 Å². The first-order valence-electron chi connectivity index (χ1n) is 8.56. The molecule has 2 aromatic heterocycles. The molecule has 4 rings (SSSR count). The van der Waals surface area contributed by atoms with Crippen LogP contribution < -0.4 is 15.8 Å². The number of nitrogens with one attached hydrogen (secondary N) is 1. The van der Waals surface area contributed by atoms with Crippen LogP contribution in [0.25, 0.3) is 21.5 Å². The summed E-state index contributed by atoms with van der Waals surface area (Å²) < 4.78 is 5.19. The third-order valence-electron chi connectivity index (χ3n) is 4.39. The molecule has 0 spiro atoms. The molecule has 0 saturated heterocycles. The van der Waals surface area contributed by atoms with Crippen molar-refractivity contribution in [3.63, 3.8) is 0 Å². The van der Waals surface area contributed by atoms with Crippen LogP contribution >= 0.6 is 34.5 Å². The number of pyridine rings is 1. The summed E-state index contributed by atoms with van der Waals surface area (Å²) in [5.41, 5.74) is 8.75. The summed E-state index contributed by atoms with van der Waals surface area (Å²) in [5, 5.41) is 4.13. The summed E-state index contributed by atoms with van der Waals surface area (Å²) in [4.78, 5) is 18.5. The molecular formula is C21H15Cl2N3O2S. The Hall–Kier alpha value is -2.80. The van der Waals surface area contributed by atoms with Gasteiger partial charge in [0.05, 0.1) is 34.2 Å². The summed E-state index contributed by atoms with van der Waals surface area (Å²) in [7, 11) is 1.62. The molecule has 2 heterocycles. The largest absolute Gasteiger partial charge is 0.497 e. The number of ether oxygens (including phenoxy) is 1. The van der Waals surface area contributed by atoms with Gasteiger partial charge in [0.2, 0.25) is 0 Å². The molecule has 0 bridgehead atoms. The maximum absolute atomic E-state index is 12.8. The van der Waals surface area contributed by atoms with Crippen molar-refractivity contribution in [2.24, 2.45) is 0 Å². The second-order valence-corrected chi connectivity index (χ2v) is 7.96. The van der Waals surface area contributed by atoms with Crippen molar-refractivity contribution in [1.29, 1.82) is 0 Å². The summed E-state index contributed by atoms with van der Waals surface area (Å²) in [5.74, 6) is 0.412. The minimum Gasteiger partial charge on any atom is -0.497 e. The zero-order chi connectivity index (χ0) is 20.5. The molecule has 4 aromatic rings. The van der Waals surface area contributed by atoms with E-state index < -0.39 is 0 Å². The molecule has 0 aliphatic heterocycles. The number of hydrogen-bond donors (Lipinski definition) is 2. The average Bonchev–Trinajstić information content (AvgIpc) is 3.07. The SMILES string of the molecule is COc1ccc(-c2ccc3c(N)c(C(=O)Nc4cccc(Cl)c4Cl)sc3n2)cc1. The Kier molecular flexibility index (Phi) is 5.32. The molecule has 1 amide bonds. The van der Waals surface area contributed by atoms with Gasteiger partial charge >= 0.3 is 0 Å². The second-order valence-electron chi connectivity index (χ2n) is 6.18. The highest BCUT2D eigenvalue weighted by Gasteiger charge is 2.19. The Labute approximate surface area is 181 Å². The van der Waals surface area contributed by atoms with Crippen molar-refractivity contribution >= 4 is 62.0 Å². The number of nitrogens with zero attached hydrogens (tertiary/aromatic N) is 1. The van der Waals surface area contributed by atoms with E-state index in [4.69, 9.17) is 33.7 Å². The van der Waals surface area contributed by atoms with Crippen molar-refractivity contribution < 1.29 is 9.53 Å². The third-order valence-corrected chi connectivity index (χ3v) is 6.32. The molecule has 29 heavy (non-hydrogen) atoms. The molecule has 0 saturated carbocycles. The predicted octanol–water partition coefficient (Wildman–Crippen LogP) is 6.11. The zero-order valence-electron chi connectivity index (χ0n) is 15.2. The number of rotatable bonds is 4. The predicted molar refractivity (Wildman–Crippen MR) is 120 cm³/mol. The van der Waals surface area contributed by atoms with E-state index in [0.29, 0.717) is 26.1 Å². The lowest BCUT2D eigenvalue weighted by Crippen LogP contribution is -2.12. The molecule has 0 fully saturated rings. The van der Waals surface area contributed by atoms with Gasteiger partial charge in [0, 0.05) is 10.9 Å². The van der Waals surface area contributed by atoms with E-state index in [9.17, 15) is 4.79 Å². The van der Waals surface area contributed by atoms with Crippen LogP contribution in [0.3, 0.4) is 0 Å². The van der Waals surface area contributed by atoms with Crippen LogP contribution in [0.2, 0.25) is 10.0 Å². The van der Waals surface area contributed by atoms with Crippen LogP contribution in [0.1, 0.15) is 9.67 Å². The number of fused-ring (bicyclic) bond motifs is 1. The van der Waals surface area contributed by atoms with Gasteiger partial charge in [-0.25, -0.2) is 4.98 Å². The van der Waals surface area contributed by atoms with E-state index in [0.717, 1.165) is 22.4 Å². The van der Waals surface area contributed by atoms with E-state index in [1.165, 1.54) is 11.3 Å². The number of halogens is 2. The number of thiophene rings is 1. The molecule has 0 radical (unpaired) electrons. The molecule has 8 heteroatoms. The number of nitrogens with two attached hydrogens (primary N) is 1.